The van der Waals surface area contributed by atoms with E-state index in [1.54, 1.807) is 0 Å². The summed E-state index contributed by atoms with van der Waals surface area (Å²) in [5.74, 6) is 1.47. The minimum absolute atomic E-state index is 0.324. The smallest absolute Gasteiger partial charge is 0.0173 e. The van der Waals surface area contributed by atoms with Crippen molar-refractivity contribution in [3.63, 3.8) is 0 Å². The fourth-order valence-corrected chi connectivity index (χ4v) is 1.22. The summed E-state index contributed by atoms with van der Waals surface area (Å²) in [7, 11) is 2.22. The predicted octanol–water partition coefficient (Wildman–Crippen LogP) is 3.01. The van der Waals surface area contributed by atoms with Crippen molar-refractivity contribution in [2.24, 2.45) is 11.8 Å². The van der Waals surface area contributed by atoms with Gasteiger partial charge < -0.3 is 4.90 Å². The molecule has 0 aromatic rings. The van der Waals surface area contributed by atoms with Gasteiger partial charge in [0, 0.05) is 12.1 Å². The molecule has 0 bridgehead atoms. The van der Waals surface area contributed by atoms with Crippen LogP contribution in [0.3, 0.4) is 0 Å². The molecule has 0 saturated carbocycles. The Balaban J connectivity index is 4.15. The number of hydrogen-bond acceptors (Lipinski definition) is 1. The molecular formula is C11H25N. The first-order chi connectivity index (χ1) is 5.28. The first kappa shape index (κ1) is 12.0. The van der Waals surface area contributed by atoms with Gasteiger partial charge in [-0.3, -0.25) is 0 Å². The monoisotopic (exact) mass is 171 g/mol. The molecule has 0 rings (SSSR count). The normalized spacial score (nSPS) is 13.5. The van der Waals surface area contributed by atoms with Gasteiger partial charge in [0.15, 0.2) is 0 Å². The van der Waals surface area contributed by atoms with Crippen molar-refractivity contribution in [3.05, 3.63) is 0 Å². The molecule has 0 amide bonds. The third-order valence-corrected chi connectivity index (χ3v) is 3.04. The summed E-state index contributed by atoms with van der Waals surface area (Å²) in [6.07, 6.45) is 0. The van der Waals surface area contributed by atoms with Crippen LogP contribution in [0.2, 0.25) is 0 Å². The van der Waals surface area contributed by atoms with Crippen LogP contribution in [0.4, 0.5) is 0 Å². The van der Waals surface area contributed by atoms with Gasteiger partial charge in [0.1, 0.15) is 0 Å². The second kappa shape index (κ2) is 4.27. The second-order valence-corrected chi connectivity index (χ2v) is 5.08. The topological polar surface area (TPSA) is 3.24 Å². The molecule has 0 fully saturated rings. The third kappa shape index (κ3) is 3.14. The molecule has 0 spiro atoms. The molecule has 0 N–H and O–H groups in total. The highest BCUT2D eigenvalue weighted by atomic mass is 15.2. The average molecular weight is 171 g/mol. The van der Waals surface area contributed by atoms with Crippen LogP contribution in [-0.4, -0.2) is 24.0 Å². The molecule has 1 nitrogen and oxygen atoms in total. The van der Waals surface area contributed by atoms with Crippen molar-refractivity contribution < 1.29 is 0 Å². The zero-order chi connectivity index (χ0) is 9.94. The van der Waals surface area contributed by atoms with Gasteiger partial charge >= 0.3 is 0 Å². The molecule has 0 aliphatic heterocycles. The van der Waals surface area contributed by atoms with Crippen LogP contribution < -0.4 is 0 Å². The molecule has 12 heavy (non-hydrogen) atoms. The first-order valence-electron chi connectivity index (χ1n) is 4.99. The van der Waals surface area contributed by atoms with Crippen LogP contribution in [0.1, 0.15) is 41.5 Å². The van der Waals surface area contributed by atoms with Crippen molar-refractivity contribution in [2.75, 3.05) is 13.6 Å². The summed E-state index contributed by atoms with van der Waals surface area (Å²) >= 11 is 0. The van der Waals surface area contributed by atoms with Crippen molar-refractivity contribution in [1.82, 2.24) is 4.90 Å². The number of nitrogens with zero attached hydrogens (tertiary/aromatic N) is 1. The van der Waals surface area contributed by atoms with E-state index in [0.29, 0.717) is 11.5 Å². The molecule has 0 unspecified atom stereocenters. The van der Waals surface area contributed by atoms with Crippen LogP contribution in [-0.2, 0) is 0 Å². The van der Waals surface area contributed by atoms with Gasteiger partial charge in [-0.1, -0.05) is 27.7 Å². The van der Waals surface area contributed by atoms with E-state index in [4.69, 9.17) is 0 Å². The molecule has 74 valence electrons. The van der Waals surface area contributed by atoms with Gasteiger partial charge in [-0.05, 0) is 32.7 Å². The summed E-state index contributed by atoms with van der Waals surface area (Å²) in [6, 6.07) is 0. The Hall–Kier alpha value is -0.0400. The van der Waals surface area contributed by atoms with Crippen molar-refractivity contribution in [1.29, 1.82) is 0 Å². The van der Waals surface area contributed by atoms with Gasteiger partial charge in [-0.15, -0.1) is 0 Å². The van der Waals surface area contributed by atoms with Crippen LogP contribution in [0, 0.1) is 11.8 Å². The number of rotatable bonds is 4. The zero-order valence-corrected chi connectivity index (χ0v) is 9.81. The van der Waals surface area contributed by atoms with E-state index >= 15 is 0 Å². The second-order valence-electron chi connectivity index (χ2n) is 5.08. The quantitative estimate of drug-likeness (QED) is 0.628. The van der Waals surface area contributed by atoms with E-state index in [2.05, 4.69) is 53.5 Å². The first-order valence-corrected chi connectivity index (χ1v) is 4.99. The molecule has 0 saturated heterocycles. The zero-order valence-electron chi connectivity index (χ0n) is 9.81. The molecule has 0 radical (unpaired) electrons. The Morgan fingerprint density at radius 3 is 1.75 bits per heavy atom. The van der Waals surface area contributed by atoms with Gasteiger partial charge in [-0.2, -0.15) is 0 Å². The fraction of sp³-hybridized carbons (Fsp3) is 1.00. The van der Waals surface area contributed by atoms with Crippen LogP contribution in [0.5, 0.6) is 0 Å². The minimum atomic E-state index is 0.324. The van der Waals surface area contributed by atoms with E-state index < -0.39 is 0 Å². The van der Waals surface area contributed by atoms with Gasteiger partial charge in [0.25, 0.3) is 0 Å². The van der Waals surface area contributed by atoms with Crippen LogP contribution in [0.15, 0.2) is 0 Å². The van der Waals surface area contributed by atoms with Crippen molar-refractivity contribution >= 4 is 0 Å². The molecule has 0 aliphatic carbocycles. The van der Waals surface area contributed by atoms with E-state index in [1.807, 2.05) is 0 Å². The molecule has 0 heterocycles. The summed E-state index contributed by atoms with van der Waals surface area (Å²) in [5, 5.41) is 0. The number of hydrogen-bond donors (Lipinski definition) is 0. The van der Waals surface area contributed by atoms with Gasteiger partial charge in [0.05, 0.1) is 0 Å². The highest BCUT2D eigenvalue weighted by molar-refractivity contribution is 4.82. The largest absolute Gasteiger partial charge is 0.301 e. The highest BCUT2D eigenvalue weighted by Crippen LogP contribution is 2.22. The van der Waals surface area contributed by atoms with Crippen LogP contribution in [0.25, 0.3) is 0 Å². The lowest BCUT2D eigenvalue weighted by atomic mass is 9.88. The van der Waals surface area contributed by atoms with E-state index in [1.165, 1.54) is 6.54 Å². The summed E-state index contributed by atoms with van der Waals surface area (Å²) < 4.78 is 0. The maximum atomic E-state index is 2.46. The third-order valence-electron chi connectivity index (χ3n) is 3.04. The van der Waals surface area contributed by atoms with Gasteiger partial charge in [0.2, 0.25) is 0 Å². The summed E-state index contributed by atoms with van der Waals surface area (Å²) in [6.45, 7) is 14.9. The molecule has 0 aliphatic rings. The standard InChI is InChI=1S/C11H25N/c1-9(2)8-12(7)11(5,6)10(3)4/h9-10H,8H2,1-7H3. The lowest BCUT2D eigenvalue weighted by Crippen LogP contribution is -2.46. The molecular weight excluding hydrogens is 146 g/mol. The Labute approximate surface area is 78.1 Å². The summed E-state index contributed by atoms with van der Waals surface area (Å²) in [4.78, 5) is 2.46. The van der Waals surface area contributed by atoms with Crippen molar-refractivity contribution in [2.45, 2.75) is 47.1 Å². The average Bonchev–Trinajstić information content (AvgIpc) is 1.85. The van der Waals surface area contributed by atoms with Crippen LogP contribution >= 0.6 is 0 Å². The van der Waals surface area contributed by atoms with E-state index in [-0.39, 0.29) is 0 Å². The molecule has 0 aromatic carbocycles. The Morgan fingerprint density at radius 2 is 1.50 bits per heavy atom. The predicted molar refractivity (Wildman–Crippen MR) is 56.4 cm³/mol. The van der Waals surface area contributed by atoms with E-state index in [0.717, 1.165) is 5.92 Å². The fourth-order valence-electron chi connectivity index (χ4n) is 1.22. The molecule has 0 atom stereocenters. The maximum Gasteiger partial charge on any atom is 0.0173 e. The highest BCUT2D eigenvalue weighted by Gasteiger charge is 2.27. The van der Waals surface area contributed by atoms with Gasteiger partial charge in [-0.25, -0.2) is 0 Å². The molecule has 0 aromatic heterocycles. The lowest BCUT2D eigenvalue weighted by molar-refractivity contribution is 0.0932. The Kier molecular flexibility index (Phi) is 4.25. The lowest BCUT2D eigenvalue weighted by Gasteiger charge is -2.40. The SMILES string of the molecule is CC(C)CN(C)C(C)(C)C(C)C. The minimum Gasteiger partial charge on any atom is -0.301 e. The summed E-state index contributed by atoms with van der Waals surface area (Å²) in [5.41, 5.74) is 0.324. The Morgan fingerprint density at radius 1 is 1.08 bits per heavy atom. The Bertz CT molecular complexity index is 125. The molecule has 1 heteroatoms. The van der Waals surface area contributed by atoms with E-state index in [9.17, 15) is 0 Å². The maximum absolute atomic E-state index is 2.46. The van der Waals surface area contributed by atoms with Crippen molar-refractivity contribution in [3.8, 4) is 0 Å².